The number of nitro groups is 1. The van der Waals surface area contributed by atoms with E-state index in [1.165, 1.54) is 23.1 Å². The van der Waals surface area contributed by atoms with Gasteiger partial charge in [0.15, 0.2) is 5.60 Å². The van der Waals surface area contributed by atoms with E-state index in [2.05, 4.69) is 10.3 Å². The first-order valence-electron chi connectivity index (χ1n) is 15.1. The van der Waals surface area contributed by atoms with Crippen LogP contribution in [-0.2, 0) is 34.7 Å². The zero-order valence-corrected chi connectivity index (χ0v) is 24.8. The van der Waals surface area contributed by atoms with Crippen molar-refractivity contribution in [2.24, 2.45) is 5.92 Å². The minimum absolute atomic E-state index is 0.0110. The lowest BCUT2D eigenvalue weighted by atomic mass is 9.82. The van der Waals surface area contributed by atoms with Gasteiger partial charge in [-0.3, -0.25) is 24.4 Å². The number of aliphatic hydroxyl groups excluding tert-OH is 1. The van der Waals surface area contributed by atoms with E-state index in [0.29, 0.717) is 43.7 Å². The van der Waals surface area contributed by atoms with E-state index < -0.39 is 22.3 Å². The lowest BCUT2D eigenvalue weighted by Crippen LogP contribution is -2.44. The fourth-order valence-electron chi connectivity index (χ4n) is 5.97. The highest BCUT2D eigenvalue weighted by Crippen LogP contribution is 2.47. The number of carbonyl (C=O) groups is 2. The Kier molecular flexibility index (Phi) is 9.50. The van der Waals surface area contributed by atoms with Gasteiger partial charge in [0.25, 0.3) is 11.6 Å². The van der Waals surface area contributed by atoms with Gasteiger partial charge in [0.2, 0.25) is 5.91 Å². The van der Waals surface area contributed by atoms with Crippen LogP contribution in [0.1, 0.15) is 62.3 Å². The third-order valence-electron chi connectivity index (χ3n) is 8.41. The van der Waals surface area contributed by atoms with Crippen LogP contribution in [0.2, 0.25) is 0 Å². The first kappa shape index (κ1) is 31.0. The molecule has 2 atom stereocenters. The third kappa shape index (κ3) is 6.41. The highest BCUT2D eigenvalue weighted by Gasteiger charge is 2.53. The molecule has 0 saturated carbocycles. The molecule has 0 radical (unpaired) electrons. The minimum Gasteiger partial charge on any atom is -0.396 e. The molecular weight excluding hydrogens is 564 g/mol. The van der Waals surface area contributed by atoms with E-state index in [4.69, 9.17) is 5.11 Å². The van der Waals surface area contributed by atoms with Gasteiger partial charge in [0.05, 0.1) is 22.8 Å². The maximum Gasteiger partial charge on any atom is 0.269 e. The molecular formula is C32H38N6O6. The lowest BCUT2D eigenvalue weighted by molar-refractivity contribution is -0.385. The molecule has 232 valence electrons. The number of aliphatic hydroxyl groups is 2. The molecule has 5 rings (SSSR count). The first-order valence-corrected chi connectivity index (χ1v) is 15.1. The SMILES string of the molecule is C[C@H](/C=C/CCn1cc(CCO)nn1)[C@@]1(O)C(=O)N(Cc2cccc(N3CCCCCCC3=O)c2)c2ccc([N+](=O)[O-])cc21. The van der Waals surface area contributed by atoms with E-state index in [1.54, 1.807) is 23.9 Å². The van der Waals surface area contributed by atoms with Crippen molar-refractivity contribution in [1.82, 2.24) is 15.0 Å². The Morgan fingerprint density at radius 3 is 2.75 bits per heavy atom. The van der Waals surface area contributed by atoms with Crippen molar-refractivity contribution in [1.29, 1.82) is 0 Å². The Bertz CT molecular complexity index is 1550. The molecule has 0 unspecified atom stereocenters. The van der Waals surface area contributed by atoms with Crippen molar-refractivity contribution >= 4 is 28.9 Å². The number of rotatable bonds is 11. The van der Waals surface area contributed by atoms with Gasteiger partial charge in [-0.05, 0) is 43.0 Å². The van der Waals surface area contributed by atoms with Gasteiger partial charge in [0.1, 0.15) is 0 Å². The maximum atomic E-state index is 14.0. The molecule has 3 heterocycles. The van der Waals surface area contributed by atoms with Gasteiger partial charge in [0, 0.05) is 68.0 Å². The number of carbonyl (C=O) groups excluding carboxylic acids is 2. The number of fused-ring (bicyclic) bond motifs is 1. The predicted molar refractivity (Wildman–Crippen MR) is 164 cm³/mol. The number of aryl methyl sites for hydroxylation is 1. The average Bonchev–Trinajstić information content (AvgIpc) is 3.54. The Balaban J connectivity index is 1.38. The zero-order chi connectivity index (χ0) is 31.3. The van der Waals surface area contributed by atoms with E-state index >= 15 is 0 Å². The molecule has 2 aliphatic rings. The summed E-state index contributed by atoms with van der Waals surface area (Å²) in [6.07, 6.45) is 10.7. The summed E-state index contributed by atoms with van der Waals surface area (Å²) in [5.74, 6) is -1.18. The molecule has 2 amide bonds. The Labute approximate surface area is 255 Å². The second-order valence-electron chi connectivity index (χ2n) is 11.4. The molecule has 2 aromatic carbocycles. The molecule has 1 saturated heterocycles. The predicted octanol–water partition coefficient (Wildman–Crippen LogP) is 4.04. The number of nitro benzene ring substituents is 1. The van der Waals surface area contributed by atoms with Crippen molar-refractivity contribution in [3.8, 4) is 0 Å². The minimum atomic E-state index is -2.02. The number of hydrogen-bond acceptors (Lipinski definition) is 8. The number of anilines is 2. The molecule has 3 aromatic rings. The smallest absolute Gasteiger partial charge is 0.269 e. The van der Waals surface area contributed by atoms with Gasteiger partial charge >= 0.3 is 0 Å². The Morgan fingerprint density at radius 1 is 1.14 bits per heavy atom. The molecule has 2 N–H and O–H groups in total. The summed E-state index contributed by atoms with van der Waals surface area (Å²) in [6, 6.07) is 11.6. The summed E-state index contributed by atoms with van der Waals surface area (Å²) in [5, 5.41) is 40.7. The second-order valence-corrected chi connectivity index (χ2v) is 11.4. The van der Waals surface area contributed by atoms with Crippen molar-refractivity contribution in [2.45, 2.75) is 70.6 Å². The highest BCUT2D eigenvalue weighted by atomic mass is 16.6. The number of benzene rings is 2. The van der Waals surface area contributed by atoms with Crippen LogP contribution in [0.5, 0.6) is 0 Å². The van der Waals surface area contributed by atoms with Gasteiger partial charge in [-0.1, -0.05) is 49.3 Å². The number of allylic oxidation sites excluding steroid dienone is 1. The van der Waals surface area contributed by atoms with Crippen molar-refractivity contribution in [3.05, 3.63) is 87.7 Å². The average molecular weight is 603 g/mol. The van der Waals surface area contributed by atoms with Crippen molar-refractivity contribution < 1.29 is 24.7 Å². The molecule has 44 heavy (non-hydrogen) atoms. The summed E-state index contributed by atoms with van der Waals surface area (Å²) >= 11 is 0. The molecule has 0 aliphatic carbocycles. The van der Waals surface area contributed by atoms with Crippen LogP contribution in [0.3, 0.4) is 0 Å². The maximum absolute atomic E-state index is 14.0. The standard InChI is InChI=1S/C32H38N6O6/c1-23(9-5-7-16-35-22-25(15-18-39)33-34-35)32(42)28-20-27(38(43)44)13-14-29(28)37(31(32)41)21-24-10-8-11-26(19-24)36-17-6-3-2-4-12-30(36)40/h5,8-11,13-14,19-20,22-23,39,42H,2-4,6-7,12,15-18,21H2,1H3/b9-5+/t23-,32+/m1/s1. The summed E-state index contributed by atoms with van der Waals surface area (Å²) in [5.41, 5.74) is 0.603. The number of amides is 2. The van der Waals surface area contributed by atoms with Gasteiger partial charge in [-0.2, -0.15) is 0 Å². The largest absolute Gasteiger partial charge is 0.396 e. The van der Waals surface area contributed by atoms with Crippen LogP contribution in [-0.4, -0.2) is 55.1 Å². The summed E-state index contributed by atoms with van der Waals surface area (Å²) < 4.78 is 1.66. The number of nitrogens with zero attached hydrogens (tertiary/aromatic N) is 6. The van der Waals surface area contributed by atoms with Crippen LogP contribution >= 0.6 is 0 Å². The first-order chi connectivity index (χ1) is 21.2. The Morgan fingerprint density at radius 2 is 1.95 bits per heavy atom. The molecule has 12 heteroatoms. The number of aromatic nitrogens is 3. The number of hydrogen-bond donors (Lipinski definition) is 2. The van der Waals surface area contributed by atoms with Crippen LogP contribution in [0.25, 0.3) is 0 Å². The zero-order valence-electron chi connectivity index (χ0n) is 24.8. The Hall–Kier alpha value is -4.42. The van der Waals surface area contributed by atoms with Crippen LogP contribution in [0.15, 0.2) is 60.8 Å². The molecule has 12 nitrogen and oxygen atoms in total. The topological polar surface area (TPSA) is 155 Å². The summed E-state index contributed by atoms with van der Waals surface area (Å²) in [4.78, 5) is 41.2. The summed E-state index contributed by atoms with van der Waals surface area (Å²) in [7, 11) is 0. The summed E-state index contributed by atoms with van der Waals surface area (Å²) in [6.45, 7) is 2.98. The van der Waals surface area contributed by atoms with Gasteiger partial charge < -0.3 is 20.0 Å². The lowest BCUT2D eigenvalue weighted by Gasteiger charge is -2.28. The van der Waals surface area contributed by atoms with Crippen LogP contribution in [0.4, 0.5) is 17.1 Å². The van der Waals surface area contributed by atoms with E-state index in [1.807, 2.05) is 35.2 Å². The van der Waals surface area contributed by atoms with E-state index in [9.17, 15) is 24.8 Å². The molecule has 2 aliphatic heterocycles. The van der Waals surface area contributed by atoms with Gasteiger partial charge in [-0.15, -0.1) is 5.10 Å². The van der Waals surface area contributed by atoms with Crippen molar-refractivity contribution in [3.63, 3.8) is 0 Å². The van der Waals surface area contributed by atoms with E-state index in [-0.39, 0.29) is 30.3 Å². The third-order valence-corrected chi connectivity index (χ3v) is 8.41. The van der Waals surface area contributed by atoms with Crippen LogP contribution in [0, 0.1) is 16.0 Å². The second kappa shape index (κ2) is 13.5. The van der Waals surface area contributed by atoms with E-state index in [0.717, 1.165) is 36.9 Å². The quantitative estimate of drug-likeness (QED) is 0.189. The normalized spacial score (nSPS) is 19.7. The molecule has 1 aromatic heterocycles. The molecule has 0 spiro atoms. The van der Waals surface area contributed by atoms with Gasteiger partial charge in [-0.25, -0.2) is 0 Å². The number of non-ortho nitro benzene ring substituents is 1. The monoisotopic (exact) mass is 602 g/mol. The fourth-order valence-corrected chi connectivity index (χ4v) is 5.97. The highest BCUT2D eigenvalue weighted by molar-refractivity contribution is 6.07. The van der Waals surface area contributed by atoms with Crippen LogP contribution < -0.4 is 9.80 Å². The van der Waals surface area contributed by atoms with Crippen molar-refractivity contribution in [2.75, 3.05) is 23.0 Å². The fraction of sp³-hybridized carbons (Fsp3) is 0.438. The molecule has 1 fully saturated rings. The molecule has 0 bridgehead atoms.